The van der Waals surface area contributed by atoms with Crippen LogP contribution >= 0.6 is 22.9 Å². The molecule has 0 aliphatic heterocycles. The highest BCUT2D eigenvalue weighted by molar-refractivity contribution is 7.11. The molecule has 1 heterocycles. The first-order valence-corrected chi connectivity index (χ1v) is 7.38. The molecule has 0 aliphatic carbocycles. The van der Waals surface area contributed by atoms with E-state index in [4.69, 9.17) is 16.3 Å². The zero-order valence-electron chi connectivity index (χ0n) is 11.3. The summed E-state index contributed by atoms with van der Waals surface area (Å²) < 4.78 is 4.69. The van der Waals surface area contributed by atoms with Gasteiger partial charge in [-0.15, -0.1) is 11.3 Å². The Morgan fingerprint density at radius 1 is 1.50 bits per heavy atom. The number of ether oxygens (including phenoxy) is 1. The highest BCUT2D eigenvalue weighted by atomic mass is 35.5. The van der Waals surface area contributed by atoms with Crippen molar-refractivity contribution in [2.45, 2.75) is 19.9 Å². The Kier molecular flexibility index (Phi) is 4.98. The van der Waals surface area contributed by atoms with Gasteiger partial charge in [-0.3, -0.25) is 0 Å². The fourth-order valence-electron chi connectivity index (χ4n) is 1.68. The molecule has 4 nitrogen and oxygen atoms in total. The number of rotatable bonds is 5. The molecule has 0 bridgehead atoms. The lowest BCUT2D eigenvalue weighted by atomic mass is 10.2. The number of benzene rings is 1. The number of nitrogens with zero attached hydrogens (tertiary/aromatic N) is 1. The predicted octanol–water partition coefficient (Wildman–Crippen LogP) is 3.76. The molecule has 0 unspecified atom stereocenters. The van der Waals surface area contributed by atoms with Crippen LogP contribution in [0.3, 0.4) is 0 Å². The van der Waals surface area contributed by atoms with Gasteiger partial charge in [0, 0.05) is 11.1 Å². The van der Waals surface area contributed by atoms with Gasteiger partial charge in [0.15, 0.2) is 0 Å². The number of thiazole rings is 1. The molecule has 2 rings (SSSR count). The van der Waals surface area contributed by atoms with E-state index in [2.05, 4.69) is 17.2 Å². The first kappa shape index (κ1) is 14.8. The number of halogens is 1. The first-order valence-electron chi connectivity index (χ1n) is 6.19. The van der Waals surface area contributed by atoms with Crippen LogP contribution in [0.25, 0.3) is 0 Å². The fraction of sp³-hybridized carbons (Fsp3) is 0.286. The smallest absolute Gasteiger partial charge is 0.337 e. The van der Waals surface area contributed by atoms with Crippen molar-refractivity contribution < 1.29 is 9.53 Å². The van der Waals surface area contributed by atoms with Gasteiger partial charge in [0.25, 0.3) is 0 Å². The van der Waals surface area contributed by atoms with E-state index in [0.717, 1.165) is 16.3 Å². The van der Waals surface area contributed by atoms with Crippen molar-refractivity contribution in [3.05, 3.63) is 44.9 Å². The molecule has 6 heteroatoms. The van der Waals surface area contributed by atoms with Gasteiger partial charge in [0.2, 0.25) is 0 Å². The van der Waals surface area contributed by atoms with Crippen molar-refractivity contribution in [3.8, 4) is 0 Å². The third-order valence-corrected chi connectivity index (χ3v) is 4.22. The van der Waals surface area contributed by atoms with E-state index in [9.17, 15) is 4.79 Å². The third-order valence-electron chi connectivity index (χ3n) is 2.74. The third kappa shape index (κ3) is 3.49. The number of methoxy groups -OCH3 is 1. The number of carbonyl (C=O) groups excluding carboxylic acids is 1. The Bertz CT molecular complexity index is 613. The summed E-state index contributed by atoms with van der Waals surface area (Å²) in [6, 6.07) is 5.01. The number of anilines is 1. The normalized spacial score (nSPS) is 10.3. The minimum absolute atomic E-state index is 0.379. The van der Waals surface area contributed by atoms with Crippen LogP contribution in [0.15, 0.2) is 24.4 Å². The summed E-state index contributed by atoms with van der Waals surface area (Å²) in [6.07, 6.45) is 2.79. The van der Waals surface area contributed by atoms with Crippen LogP contribution in [0, 0.1) is 0 Å². The van der Waals surface area contributed by atoms with E-state index in [1.807, 2.05) is 6.20 Å². The number of carbonyl (C=O) groups is 1. The molecular weight excluding hydrogens is 296 g/mol. The fourth-order valence-corrected chi connectivity index (χ4v) is 2.67. The molecule has 2 aromatic rings. The predicted molar refractivity (Wildman–Crippen MR) is 81.6 cm³/mol. The maximum absolute atomic E-state index is 11.5. The quantitative estimate of drug-likeness (QED) is 0.854. The molecule has 0 fully saturated rings. The minimum Gasteiger partial charge on any atom is -0.465 e. The average molecular weight is 311 g/mol. The van der Waals surface area contributed by atoms with Crippen molar-refractivity contribution in [1.29, 1.82) is 0 Å². The maximum Gasteiger partial charge on any atom is 0.337 e. The molecular formula is C14H15ClN2O2S. The van der Waals surface area contributed by atoms with Crippen molar-refractivity contribution in [3.63, 3.8) is 0 Å². The Morgan fingerprint density at radius 2 is 2.30 bits per heavy atom. The van der Waals surface area contributed by atoms with Crippen LogP contribution < -0.4 is 5.32 Å². The van der Waals surface area contributed by atoms with Gasteiger partial charge in [-0.1, -0.05) is 18.5 Å². The Balaban J connectivity index is 2.10. The molecule has 0 saturated carbocycles. The van der Waals surface area contributed by atoms with E-state index in [-0.39, 0.29) is 5.97 Å². The maximum atomic E-state index is 11.5. The summed E-state index contributed by atoms with van der Waals surface area (Å²) in [5.74, 6) is -0.379. The monoisotopic (exact) mass is 310 g/mol. The topological polar surface area (TPSA) is 51.2 Å². The Morgan fingerprint density at radius 3 is 2.95 bits per heavy atom. The number of hydrogen-bond donors (Lipinski definition) is 1. The van der Waals surface area contributed by atoms with Gasteiger partial charge in [0.1, 0.15) is 0 Å². The molecule has 0 saturated heterocycles. The lowest BCUT2D eigenvalue weighted by molar-refractivity contribution is 0.0601. The zero-order valence-corrected chi connectivity index (χ0v) is 12.8. The molecule has 0 aliphatic rings. The molecule has 0 spiro atoms. The second-order valence-electron chi connectivity index (χ2n) is 4.11. The van der Waals surface area contributed by atoms with E-state index >= 15 is 0 Å². The van der Waals surface area contributed by atoms with Crippen molar-refractivity contribution in [2.75, 3.05) is 12.4 Å². The van der Waals surface area contributed by atoms with Crippen molar-refractivity contribution in [2.24, 2.45) is 0 Å². The number of nitrogens with one attached hydrogen (secondary N) is 1. The summed E-state index contributed by atoms with van der Waals surface area (Å²) >= 11 is 7.78. The van der Waals surface area contributed by atoms with Gasteiger partial charge in [-0.05, 0) is 24.6 Å². The molecule has 106 valence electrons. The first-order chi connectivity index (χ1) is 9.63. The van der Waals surface area contributed by atoms with Gasteiger partial charge in [0.05, 0.1) is 34.9 Å². The van der Waals surface area contributed by atoms with Crippen molar-refractivity contribution in [1.82, 2.24) is 4.98 Å². The van der Waals surface area contributed by atoms with E-state index in [1.165, 1.54) is 7.11 Å². The molecule has 0 radical (unpaired) electrons. The van der Waals surface area contributed by atoms with Crippen LogP contribution in [0.2, 0.25) is 5.02 Å². The minimum atomic E-state index is -0.379. The molecule has 1 N–H and O–H groups in total. The summed E-state index contributed by atoms with van der Waals surface area (Å²) in [5, 5.41) is 4.89. The molecule has 1 aromatic carbocycles. The second kappa shape index (κ2) is 6.72. The summed E-state index contributed by atoms with van der Waals surface area (Å²) in [6.45, 7) is 2.70. The van der Waals surface area contributed by atoms with Crippen LogP contribution in [-0.2, 0) is 17.7 Å². The second-order valence-corrected chi connectivity index (χ2v) is 5.72. The van der Waals surface area contributed by atoms with E-state index in [0.29, 0.717) is 22.8 Å². The van der Waals surface area contributed by atoms with E-state index in [1.54, 1.807) is 29.5 Å². The summed E-state index contributed by atoms with van der Waals surface area (Å²) in [5.41, 5.74) is 1.18. The van der Waals surface area contributed by atoms with Gasteiger partial charge in [-0.2, -0.15) is 0 Å². The largest absolute Gasteiger partial charge is 0.465 e. The highest BCUT2D eigenvalue weighted by Crippen LogP contribution is 2.25. The molecule has 20 heavy (non-hydrogen) atoms. The summed E-state index contributed by atoms with van der Waals surface area (Å²) in [7, 11) is 1.35. The SMILES string of the molecule is CCc1ncc(CNc2cc(C(=O)OC)ccc2Cl)s1. The van der Waals surface area contributed by atoms with Gasteiger partial charge in [-0.25, -0.2) is 9.78 Å². The van der Waals surface area contributed by atoms with Crippen molar-refractivity contribution >= 4 is 34.6 Å². The zero-order chi connectivity index (χ0) is 14.5. The van der Waals surface area contributed by atoms with Crippen LogP contribution in [0.1, 0.15) is 27.2 Å². The molecule has 1 aromatic heterocycles. The van der Waals surface area contributed by atoms with Crippen LogP contribution in [0.4, 0.5) is 5.69 Å². The number of hydrogen-bond acceptors (Lipinski definition) is 5. The molecule has 0 atom stereocenters. The van der Waals surface area contributed by atoms with Gasteiger partial charge < -0.3 is 10.1 Å². The Hall–Kier alpha value is -1.59. The highest BCUT2D eigenvalue weighted by Gasteiger charge is 2.09. The van der Waals surface area contributed by atoms with Crippen LogP contribution in [-0.4, -0.2) is 18.1 Å². The van der Waals surface area contributed by atoms with Crippen LogP contribution in [0.5, 0.6) is 0 Å². The average Bonchev–Trinajstić information content (AvgIpc) is 2.93. The summed E-state index contributed by atoms with van der Waals surface area (Å²) in [4.78, 5) is 16.9. The van der Waals surface area contributed by atoms with E-state index < -0.39 is 0 Å². The Labute approximate surface area is 126 Å². The number of esters is 1. The standard InChI is InChI=1S/C14H15ClN2O2S/c1-3-13-17-8-10(20-13)7-16-12-6-9(14(18)19-2)4-5-11(12)15/h4-6,8,16H,3,7H2,1-2H3. The number of aromatic nitrogens is 1. The lowest BCUT2D eigenvalue weighted by Gasteiger charge is -2.08. The lowest BCUT2D eigenvalue weighted by Crippen LogP contribution is -2.04. The molecule has 0 amide bonds. The number of aryl methyl sites for hydroxylation is 1. The van der Waals surface area contributed by atoms with Gasteiger partial charge >= 0.3 is 5.97 Å².